The Labute approximate surface area is 135 Å². The SMILES string of the molecule is CC(CN)CNC(=O)c1cnn(-c2ccc(F)cc2)c1C(C)C. The fourth-order valence-corrected chi connectivity index (χ4v) is 2.32. The van der Waals surface area contributed by atoms with E-state index in [-0.39, 0.29) is 23.6 Å². The molecule has 6 heteroatoms. The monoisotopic (exact) mass is 318 g/mol. The normalized spacial score (nSPS) is 12.4. The predicted octanol–water partition coefficient (Wildman–Crippen LogP) is 2.46. The van der Waals surface area contributed by atoms with Gasteiger partial charge in [0.1, 0.15) is 5.82 Å². The molecule has 0 saturated heterocycles. The summed E-state index contributed by atoms with van der Waals surface area (Å²) in [5.74, 6) is -0.160. The van der Waals surface area contributed by atoms with Crippen molar-refractivity contribution in [3.63, 3.8) is 0 Å². The highest BCUT2D eigenvalue weighted by Gasteiger charge is 2.21. The van der Waals surface area contributed by atoms with Crippen molar-refractivity contribution in [2.45, 2.75) is 26.7 Å². The van der Waals surface area contributed by atoms with E-state index >= 15 is 0 Å². The summed E-state index contributed by atoms with van der Waals surface area (Å²) < 4.78 is 14.8. The molecule has 0 saturated carbocycles. The van der Waals surface area contributed by atoms with Crippen LogP contribution in [0.5, 0.6) is 0 Å². The van der Waals surface area contributed by atoms with Crippen LogP contribution in [0.3, 0.4) is 0 Å². The van der Waals surface area contributed by atoms with Crippen LogP contribution in [-0.2, 0) is 0 Å². The van der Waals surface area contributed by atoms with Crippen molar-refractivity contribution in [1.82, 2.24) is 15.1 Å². The van der Waals surface area contributed by atoms with Crippen molar-refractivity contribution in [3.8, 4) is 5.69 Å². The highest BCUT2D eigenvalue weighted by Crippen LogP contribution is 2.23. The Balaban J connectivity index is 2.31. The summed E-state index contributed by atoms with van der Waals surface area (Å²) in [5, 5.41) is 7.20. The Bertz CT molecular complexity index is 664. The van der Waals surface area contributed by atoms with Crippen molar-refractivity contribution in [3.05, 3.63) is 47.5 Å². The fraction of sp³-hybridized carbons (Fsp3) is 0.412. The minimum atomic E-state index is -0.305. The van der Waals surface area contributed by atoms with E-state index in [1.54, 1.807) is 23.0 Å². The number of nitrogens with two attached hydrogens (primary N) is 1. The van der Waals surface area contributed by atoms with Crippen LogP contribution in [0.2, 0.25) is 0 Å². The van der Waals surface area contributed by atoms with Crippen LogP contribution in [0.25, 0.3) is 5.69 Å². The molecule has 1 amide bonds. The minimum Gasteiger partial charge on any atom is -0.352 e. The van der Waals surface area contributed by atoms with Gasteiger partial charge in [0, 0.05) is 6.54 Å². The number of carbonyl (C=O) groups is 1. The molecule has 0 aliphatic carbocycles. The molecule has 1 aromatic carbocycles. The molecule has 2 aromatic rings. The standard InChI is InChI=1S/C17H23FN4O/c1-11(2)16-15(17(23)20-9-12(3)8-19)10-21-22(16)14-6-4-13(18)5-7-14/h4-7,10-12H,8-9,19H2,1-3H3,(H,20,23). The summed E-state index contributed by atoms with van der Waals surface area (Å²) in [6, 6.07) is 6.05. The number of halogens is 1. The number of aromatic nitrogens is 2. The smallest absolute Gasteiger partial charge is 0.254 e. The molecule has 0 fully saturated rings. The van der Waals surface area contributed by atoms with Crippen molar-refractivity contribution in [2.24, 2.45) is 11.7 Å². The first-order valence-electron chi connectivity index (χ1n) is 7.76. The lowest BCUT2D eigenvalue weighted by molar-refractivity contribution is 0.0947. The molecule has 23 heavy (non-hydrogen) atoms. The van der Waals surface area contributed by atoms with E-state index in [0.717, 1.165) is 11.4 Å². The van der Waals surface area contributed by atoms with Crippen LogP contribution in [-0.4, -0.2) is 28.8 Å². The number of nitrogens with one attached hydrogen (secondary N) is 1. The van der Waals surface area contributed by atoms with Gasteiger partial charge in [0.15, 0.2) is 0 Å². The molecule has 124 valence electrons. The molecular weight excluding hydrogens is 295 g/mol. The van der Waals surface area contributed by atoms with E-state index in [1.807, 2.05) is 20.8 Å². The highest BCUT2D eigenvalue weighted by atomic mass is 19.1. The fourth-order valence-electron chi connectivity index (χ4n) is 2.32. The third kappa shape index (κ3) is 3.96. The third-order valence-electron chi connectivity index (χ3n) is 3.68. The number of nitrogens with zero attached hydrogens (tertiary/aromatic N) is 2. The molecule has 0 bridgehead atoms. The van der Waals surface area contributed by atoms with E-state index in [1.165, 1.54) is 12.1 Å². The second-order valence-corrected chi connectivity index (χ2v) is 6.04. The highest BCUT2D eigenvalue weighted by molar-refractivity contribution is 5.95. The van der Waals surface area contributed by atoms with E-state index in [0.29, 0.717) is 18.7 Å². The Hall–Kier alpha value is -2.21. The number of amides is 1. The minimum absolute atomic E-state index is 0.0928. The van der Waals surface area contributed by atoms with Crippen LogP contribution in [0, 0.1) is 11.7 Å². The number of benzene rings is 1. The van der Waals surface area contributed by atoms with Gasteiger partial charge in [-0.1, -0.05) is 20.8 Å². The zero-order valence-corrected chi connectivity index (χ0v) is 13.7. The summed E-state index contributed by atoms with van der Waals surface area (Å²) in [5.41, 5.74) is 7.63. The lowest BCUT2D eigenvalue weighted by Crippen LogP contribution is -2.31. The molecule has 1 unspecified atom stereocenters. The number of hydrogen-bond donors (Lipinski definition) is 2. The summed E-state index contributed by atoms with van der Waals surface area (Å²) in [6.07, 6.45) is 1.56. The predicted molar refractivity (Wildman–Crippen MR) is 88.2 cm³/mol. The maximum absolute atomic E-state index is 13.1. The summed E-state index contributed by atoms with van der Waals surface area (Å²) in [6.45, 7) is 7.01. The first-order chi connectivity index (χ1) is 10.9. The molecule has 1 aromatic heterocycles. The number of carbonyl (C=O) groups excluding carboxylic acids is 1. The number of hydrogen-bond acceptors (Lipinski definition) is 3. The van der Waals surface area contributed by atoms with Gasteiger partial charge in [-0.25, -0.2) is 9.07 Å². The first kappa shape index (κ1) is 17.1. The second-order valence-electron chi connectivity index (χ2n) is 6.04. The molecule has 5 nitrogen and oxygen atoms in total. The molecule has 2 rings (SSSR count). The summed E-state index contributed by atoms with van der Waals surface area (Å²) in [4.78, 5) is 12.4. The quantitative estimate of drug-likeness (QED) is 0.859. The van der Waals surface area contributed by atoms with Gasteiger partial charge >= 0.3 is 0 Å². The summed E-state index contributed by atoms with van der Waals surface area (Å²) in [7, 11) is 0. The third-order valence-corrected chi connectivity index (χ3v) is 3.68. The molecule has 3 N–H and O–H groups in total. The Morgan fingerprint density at radius 3 is 2.52 bits per heavy atom. The Morgan fingerprint density at radius 2 is 1.96 bits per heavy atom. The maximum atomic E-state index is 13.1. The maximum Gasteiger partial charge on any atom is 0.254 e. The largest absolute Gasteiger partial charge is 0.352 e. The van der Waals surface area contributed by atoms with Crippen molar-refractivity contribution in [2.75, 3.05) is 13.1 Å². The average Bonchev–Trinajstić information content (AvgIpc) is 2.98. The van der Waals surface area contributed by atoms with E-state index in [9.17, 15) is 9.18 Å². The van der Waals surface area contributed by atoms with E-state index < -0.39 is 0 Å². The van der Waals surface area contributed by atoms with Gasteiger partial charge in [0.25, 0.3) is 5.91 Å². The van der Waals surface area contributed by atoms with E-state index in [2.05, 4.69) is 10.4 Å². The average molecular weight is 318 g/mol. The molecular formula is C17H23FN4O. The van der Waals surface area contributed by atoms with Gasteiger partial charge < -0.3 is 11.1 Å². The van der Waals surface area contributed by atoms with Crippen molar-refractivity contribution in [1.29, 1.82) is 0 Å². The lowest BCUT2D eigenvalue weighted by Gasteiger charge is -2.14. The molecule has 1 heterocycles. The van der Waals surface area contributed by atoms with Gasteiger partial charge in [-0.15, -0.1) is 0 Å². The van der Waals surface area contributed by atoms with Crippen LogP contribution >= 0.6 is 0 Å². The van der Waals surface area contributed by atoms with Gasteiger partial charge in [-0.05, 0) is 42.6 Å². The number of rotatable bonds is 6. The van der Waals surface area contributed by atoms with Gasteiger partial charge in [-0.2, -0.15) is 5.10 Å². The zero-order chi connectivity index (χ0) is 17.0. The summed E-state index contributed by atoms with van der Waals surface area (Å²) >= 11 is 0. The van der Waals surface area contributed by atoms with Gasteiger partial charge in [-0.3, -0.25) is 4.79 Å². The molecule has 0 spiro atoms. The molecule has 0 aliphatic heterocycles. The Morgan fingerprint density at radius 1 is 1.30 bits per heavy atom. The van der Waals surface area contributed by atoms with Crippen LogP contribution < -0.4 is 11.1 Å². The first-order valence-corrected chi connectivity index (χ1v) is 7.76. The molecule has 1 atom stereocenters. The second kappa shape index (κ2) is 7.37. The van der Waals surface area contributed by atoms with Crippen LogP contribution in [0.1, 0.15) is 42.7 Å². The molecule has 0 radical (unpaired) electrons. The van der Waals surface area contributed by atoms with Crippen molar-refractivity contribution < 1.29 is 9.18 Å². The van der Waals surface area contributed by atoms with Crippen LogP contribution in [0.4, 0.5) is 4.39 Å². The zero-order valence-electron chi connectivity index (χ0n) is 13.7. The molecule has 0 aliphatic rings. The van der Waals surface area contributed by atoms with E-state index in [4.69, 9.17) is 5.73 Å². The Kier molecular flexibility index (Phi) is 5.50. The van der Waals surface area contributed by atoms with Crippen molar-refractivity contribution >= 4 is 5.91 Å². The van der Waals surface area contributed by atoms with Crippen LogP contribution in [0.15, 0.2) is 30.5 Å². The van der Waals surface area contributed by atoms with Gasteiger partial charge in [0.2, 0.25) is 0 Å². The topological polar surface area (TPSA) is 72.9 Å². The lowest BCUT2D eigenvalue weighted by atomic mass is 10.0. The van der Waals surface area contributed by atoms with Gasteiger partial charge in [0.05, 0.1) is 23.1 Å².